The number of nitrogens with one attached hydrogen (secondary N) is 1. The molecule has 0 spiro atoms. The third-order valence-corrected chi connectivity index (χ3v) is 3.35. The highest BCUT2D eigenvalue weighted by molar-refractivity contribution is 6.29. The Morgan fingerprint density at radius 3 is 2.94 bits per heavy atom. The molecule has 1 N–H and O–H groups in total. The molecule has 1 aromatic rings. The maximum Gasteiger partial charge on any atom is 0.329 e. The molecule has 0 amide bonds. The van der Waals surface area contributed by atoms with E-state index in [1.54, 1.807) is 0 Å². The Bertz CT molecular complexity index is 477. The largest absolute Gasteiger partial charge is 0.329 e. The Labute approximate surface area is 104 Å². The van der Waals surface area contributed by atoms with Crippen LogP contribution in [-0.4, -0.2) is 34.6 Å². The number of likely N-dealkylation sites (tertiary alicyclic amines) is 1. The van der Waals surface area contributed by atoms with Crippen LogP contribution in [0.2, 0.25) is 5.15 Å². The Kier molecular flexibility index (Phi) is 3.69. The summed E-state index contributed by atoms with van der Waals surface area (Å²) in [5.41, 5.74) is -0.747. The van der Waals surface area contributed by atoms with E-state index in [2.05, 4.69) is 16.9 Å². The van der Waals surface area contributed by atoms with E-state index in [9.17, 15) is 9.59 Å². The average Bonchev–Trinajstić information content (AvgIpc) is 2.23. The Hall–Kier alpha value is -1.07. The summed E-state index contributed by atoms with van der Waals surface area (Å²) in [7, 11) is 2.06. The van der Waals surface area contributed by atoms with Gasteiger partial charge in [0.15, 0.2) is 0 Å². The predicted molar refractivity (Wildman–Crippen MR) is 66.6 cm³/mol. The molecular formula is C11H16ClN3O2. The van der Waals surface area contributed by atoms with Gasteiger partial charge < -0.3 is 4.90 Å². The maximum atomic E-state index is 11.7. The fourth-order valence-corrected chi connectivity index (χ4v) is 2.52. The first-order chi connectivity index (χ1) is 8.06. The minimum Gasteiger partial charge on any atom is -0.306 e. The molecule has 0 saturated carbocycles. The molecule has 5 nitrogen and oxygen atoms in total. The summed E-state index contributed by atoms with van der Waals surface area (Å²) in [6.45, 7) is 2.48. The van der Waals surface area contributed by atoms with Gasteiger partial charge in [-0.15, -0.1) is 0 Å². The van der Waals surface area contributed by atoms with Crippen molar-refractivity contribution in [1.82, 2.24) is 14.5 Å². The lowest BCUT2D eigenvalue weighted by atomic mass is 9.98. The van der Waals surface area contributed by atoms with Crippen molar-refractivity contribution in [3.8, 4) is 0 Å². The van der Waals surface area contributed by atoms with Crippen molar-refractivity contribution < 1.29 is 0 Å². The van der Waals surface area contributed by atoms with Gasteiger partial charge in [0, 0.05) is 19.2 Å². The highest BCUT2D eigenvalue weighted by Gasteiger charge is 2.18. The quantitative estimate of drug-likeness (QED) is 0.787. The van der Waals surface area contributed by atoms with E-state index in [0.717, 1.165) is 25.9 Å². The van der Waals surface area contributed by atoms with Gasteiger partial charge in [0.1, 0.15) is 5.15 Å². The van der Waals surface area contributed by atoms with E-state index in [4.69, 9.17) is 11.6 Å². The number of nitrogens with zero attached hydrogens (tertiary/aromatic N) is 2. The van der Waals surface area contributed by atoms with Gasteiger partial charge in [-0.3, -0.25) is 14.3 Å². The first-order valence-corrected chi connectivity index (χ1v) is 6.12. The zero-order chi connectivity index (χ0) is 12.4. The number of H-pyrrole nitrogens is 1. The summed E-state index contributed by atoms with van der Waals surface area (Å²) in [4.78, 5) is 28.0. The van der Waals surface area contributed by atoms with Crippen molar-refractivity contribution in [2.24, 2.45) is 5.92 Å². The van der Waals surface area contributed by atoms with E-state index in [1.165, 1.54) is 10.6 Å². The van der Waals surface area contributed by atoms with Gasteiger partial charge in [0.25, 0.3) is 5.56 Å². The summed E-state index contributed by atoms with van der Waals surface area (Å²) in [5, 5.41) is 0.0945. The zero-order valence-electron chi connectivity index (χ0n) is 9.78. The van der Waals surface area contributed by atoms with E-state index in [-0.39, 0.29) is 10.7 Å². The molecule has 1 aliphatic rings. The molecule has 1 aromatic heterocycles. The molecule has 2 heterocycles. The van der Waals surface area contributed by atoms with Crippen molar-refractivity contribution in [3.63, 3.8) is 0 Å². The van der Waals surface area contributed by atoms with Crippen LogP contribution in [0.4, 0.5) is 0 Å². The van der Waals surface area contributed by atoms with Crippen LogP contribution in [0, 0.1) is 5.92 Å². The molecular weight excluding hydrogens is 242 g/mol. The third kappa shape index (κ3) is 2.98. The highest BCUT2D eigenvalue weighted by Crippen LogP contribution is 2.15. The molecule has 2 rings (SSSR count). The molecule has 0 aliphatic carbocycles. The van der Waals surface area contributed by atoms with Crippen LogP contribution in [0.1, 0.15) is 12.8 Å². The van der Waals surface area contributed by atoms with Crippen LogP contribution in [-0.2, 0) is 6.54 Å². The second-order valence-electron chi connectivity index (χ2n) is 4.64. The maximum absolute atomic E-state index is 11.7. The monoisotopic (exact) mass is 257 g/mol. The molecule has 0 radical (unpaired) electrons. The molecule has 6 heteroatoms. The van der Waals surface area contributed by atoms with Gasteiger partial charge in [-0.05, 0) is 32.4 Å². The van der Waals surface area contributed by atoms with E-state index in [0.29, 0.717) is 12.5 Å². The molecule has 17 heavy (non-hydrogen) atoms. The number of rotatable bonds is 2. The molecule has 1 unspecified atom stereocenters. The molecule has 0 bridgehead atoms. The standard InChI is InChI=1S/C11H16ClN3O2/c1-14-4-2-3-8(6-14)7-15-10(16)5-9(12)13-11(15)17/h5,8H,2-4,6-7H2,1H3,(H,13,17). The van der Waals surface area contributed by atoms with Gasteiger partial charge in [0.2, 0.25) is 0 Å². The number of piperidine rings is 1. The fourth-order valence-electron chi connectivity index (χ4n) is 2.35. The lowest BCUT2D eigenvalue weighted by Crippen LogP contribution is -2.41. The first kappa shape index (κ1) is 12.4. The van der Waals surface area contributed by atoms with Crippen molar-refractivity contribution in [3.05, 3.63) is 32.1 Å². The van der Waals surface area contributed by atoms with E-state index < -0.39 is 5.69 Å². The normalized spacial score (nSPS) is 21.6. The van der Waals surface area contributed by atoms with Crippen LogP contribution in [0.15, 0.2) is 15.7 Å². The van der Waals surface area contributed by atoms with Gasteiger partial charge in [-0.1, -0.05) is 11.6 Å². The smallest absolute Gasteiger partial charge is 0.306 e. The molecule has 1 fully saturated rings. The third-order valence-electron chi connectivity index (χ3n) is 3.15. The lowest BCUT2D eigenvalue weighted by Gasteiger charge is -2.29. The molecule has 1 atom stereocenters. The van der Waals surface area contributed by atoms with Gasteiger partial charge in [-0.25, -0.2) is 4.79 Å². The topological polar surface area (TPSA) is 58.1 Å². The average molecular weight is 258 g/mol. The summed E-state index contributed by atoms with van der Waals surface area (Å²) in [6, 6.07) is 1.25. The SMILES string of the molecule is CN1CCCC(Cn2c(=O)cc(Cl)[nH]c2=O)C1. The summed E-state index contributed by atoms with van der Waals surface area (Å²) in [5.74, 6) is 0.355. The van der Waals surface area contributed by atoms with Crippen LogP contribution in [0.3, 0.4) is 0 Å². The molecule has 1 aliphatic heterocycles. The Balaban J connectivity index is 2.19. The van der Waals surface area contributed by atoms with E-state index in [1.807, 2.05) is 0 Å². The molecule has 1 saturated heterocycles. The summed E-state index contributed by atoms with van der Waals surface area (Å²) < 4.78 is 1.23. The number of hydrogen-bond donors (Lipinski definition) is 1. The Morgan fingerprint density at radius 1 is 1.53 bits per heavy atom. The van der Waals surface area contributed by atoms with Crippen molar-refractivity contribution in [2.75, 3.05) is 20.1 Å². The Morgan fingerprint density at radius 2 is 2.29 bits per heavy atom. The van der Waals surface area contributed by atoms with Gasteiger partial charge >= 0.3 is 5.69 Å². The fraction of sp³-hybridized carbons (Fsp3) is 0.636. The summed E-state index contributed by atoms with van der Waals surface area (Å²) in [6.07, 6.45) is 2.17. The van der Waals surface area contributed by atoms with E-state index >= 15 is 0 Å². The number of hydrogen-bond acceptors (Lipinski definition) is 3. The second kappa shape index (κ2) is 5.06. The van der Waals surface area contributed by atoms with Crippen LogP contribution >= 0.6 is 11.6 Å². The van der Waals surface area contributed by atoms with Crippen molar-refractivity contribution in [2.45, 2.75) is 19.4 Å². The lowest BCUT2D eigenvalue weighted by molar-refractivity contribution is 0.192. The van der Waals surface area contributed by atoms with Gasteiger partial charge in [-0.2, -0.15) is 0 Å². The zero-order valence-corrected chi connectivity index (χ0v) is 10.5. The molecule has 94 valence electrons. The highest BCUT2D eigenvalue weighted by atomic mass is 35.5. The number of aromatic amines is 1. The van der Waals surface area contributed by atoms with Crippen LogP contribution in [0.25, 0.3) is 0 Å². The van der Waals surface area contributed by atoms with Crippen molar-refractivity contribution >= 4 is 11.6 Å². The van der Waals surface area contributed by atoms with Crippen molar-refractivity contribution in [1.29, 1.82) is 0 Å². The summed E-state index contributed by atoms with van der Waals surface area (Å²) >= 11 is 5.61. The number of aromatic nitrogens is 2. The minimum absolute atomic E-state index is 0.0945. The second-order valence-corrected chi connectivity index (χ2v) is 5.05. The predicted octanol–water partition coefficient (Wildman–Crippen LogP) is 0.532. The number of halogens is 1. The molecule has 0 aromatic carbocycles. The first-order valence-electron chi connectivity index (χ1n) is 5.74. The van der Waals surface area contributed by atoms with Gasteiger partial charge in [0.05, 0.1) is 0 Å². The van der Waals surface area contributed by atoms with Crippen LogP contribution < -0.4 is 11.2 Å². The van der Waals surface area contributed by atoms with Crippen LogP contribution in [0.5, 0.6) is 0 Å². The minimum atomic E-state index is -0.421.